The van der Waals surface area contributed by atoms with Crippen LogP contribution in [0.1, 0.15) is 70.8 Å². The summed E-state index contributed by atoms with van der Waals surface area (Å²) in [5.74, 6) is 1.62. The standard InChI is InChI=1S/C23H30OS/c1-4-5-6-7-8-9-14-24-22-20-13-15-25-23(20)19-12-10-11-18(17(2)3)16-21(19)22/h10-13,15-17H,4-9,14H2,1-3H3. The van der Waals surface area contributed by atoms with E-state index in [0.717, 1.165) is 18.8 Å². The van der Waals surface area contributed by atoms with E-state index >= 15 is 0 Å². The highest BCUT2D eigenvalue weighted by Crippen LogP contribution is 2.47. The maximum absolute atomic E-state index is 6.32. The van der Waals surface area contributed by atoms with Gasteiger partial charge in [-0.1, -0.05) is 71.1 Å². The van der Waals surface area contributed by atoms with Crippen molar-refractivity contribution in [3.05, 3.63) is 41.3 Å². The first-order valence-electron chi connectivity index (χ1n) is 9.78. The van der Waals surface area contributed by atoms with Gasteiger partial charge >= 0.3 is 0 Å². The number of rotatable bonds is 9. The molecule has 0 saturated heterocycles. The fraction of sp³-hybridized carbons (Fsp3) is 0.478. The molecule has 0 aromatic carbocycles. The van der Waals surface area contributed by atoms with Gasteiger partial charge in [-0.05, 0) is 35.4 Å². The third-order valence-electron chi connectivity index (χ3n) is 4.96. The van der Waals surface area contributed by atoms with E-state index in [4.69, 9.17) is 4.74 Å². The van der Waals surface area contributed by atoms with Gasteiger partial charge in [0, 0.05) is 21.2 Å². The SMILES string of the molecule is CCCCCCCCOc1c2cc(C(C)C)cccc-2c2sccc12. The normalized spacial score (nSPS) is 11.7. The molecule has 25 heavy (non-hydrogen) atoms. The molecule has 0 radical (unpaired) electrons. The second-order valence-corrected chi connectivity index (χ2v) is 8.18. The summed E-state index contributed by atoms with van der Waals surface area (Å²) in [6.07, 6.45) is 7.78. The predicted molar refractivity (Wildman–Crippen MR) is 111 cm³/mol. The molecule has 2 heteroatoms. The summed E-state index contributed by atoms with van der Waals surface area (Å²) in [4.78, 5) is 0. The van der Waals surface area contributed by atoms with Crippen LogP contribution in [0.2, 0.25) is 0 Å². The number of unbranched alkanes of at least 4 members (excludes halogenated alkanes) is 5. The van der Waals surface area contributed by atoms with Gasteiger partial charge < -0.3 is 4.74 Å². The molecule has 0 saturated carbocycles. The Bertz CT molecular complexity index is 771. The van der Waals surface area contributed by atoms with Gasteiger partial charge in [0.25, 0.3) is 0 Å². The first-order chi connectivity index (χ1) is 12.2. The Morgan fingerprint density at radius 3 is 2.56 bits per heavy atom. The molecule has 0 amide bonds. The fourth-order valence-electron chi connectivity index (χ4n) is 3.44. The summed E-state index contributed by atoms with van der Waals surface area (Å²) in [6, 6.07) is 11.2. The van der Waals surface area contributed by atoms with Gasteiger partial charge in [0.2, 0.25) is 0 Å². The zero-order chi connectivity index (χ0) is 17.6. The topological polar surface area (TPSA) is 9.23 Å². The summed E-state index contributed by atoms with van der Waals surface area (Å²) in [5.41, 5.74) is 3.98. The van der Waals surface area contributed by atoms with Crippen molar-refractivity contribution >= 4 is 21.4 Å². The molecular weight excluding hydrogens is 324 g/mol. The smallest absolute Gasteiger partial charge is 0.135 e. The molecule has 0 aliphatic heterocycles. The average molecular weight is 355 g/mol. The minimum Gasteiger partial charge on any atom is -0.492 e. The molecule has 1 nitrogen and oxygen atoms in total. The Balaban J connectivity index is 1.78. The Morgan fingerprint density at radius 1 is 0.960 bits per heavy atom. The first-order valence-corrected chi connectivity index (χ1v) is 10.7. The molecule has 0 fully saturated rings. The largest absolute Gasteiger partial charge is 0.492 e. The van der Waals surface area contributed by atoms with Crippen molar-refractivity contribution in [2.75, 3.05) is 6.61 Å². The van der Waals surface area contributed by atoms with E-state index in [-0.39, 0.29) is 0 Å². The summed E-state index contributed by atoms with van der Waals surface area (Å²) < 4.78 is 7.68. The molecule has 0 N–H and O–H groups in total. The predicted octanol–water partition coefficient (Wildman–Crippen LogP) is 7.87. The Kier molecular flexibility index (Phi) is 6.36. The second-order valence-electron chi connectivity index (χ2n) is 7.26. The molecule has 2 aliphatic carbocycles. The van der Waals surface area contributed by atoms with Crippen LogP contribution in [-0.4, -0.2) is 6.61 Å². The summed E-state index contributed by atoms with van der Waals surface area (Å²) in [5, 5.41) is 3.46. The lowest BCUT2D eigenvalue weighted by Crippen LogP contribution is -1.97. The van der Waals surface area contributed by atoms with Crippen molar-refractivity contribution < 1.29 is 4.74 Å². The van der Waals surface area contributed by atoms with Crippen molar-refractivity contribution in [3.63, 3.8) is 0 Å². The summed E-state index contributed by atoms with van der Waals surface area (Å²) >= 11 is 1.82. The molecule has 1 aromatic rings. The monoisotopic (exact) mass is 354 g/mol. The van der Waals surface area contributed by atoms with Crippen molar-refractivity contribution in [2.45, 2.75) is 65.2 Å². The molecule has 3 rings (SSSR count). The van der Waals surface area contributed by atoms with E-state index in [2.05, 4.69) is 56.5 Å². The number of hydrogen-bond donors (Lipinski definition) is 0. The summed E-state index contributed by atoms with van der Waals surface area (Å²) in [6.45, 7) is 7.60. The van der Waals surface area contributed by atoms with E-state index < -0.39 is 0 Å². The summed E-state index contributed by atoms with van der Waals surface area (Å²) in [7, 11) is 0. The number of hydrogen-bond acceptors (Lipinski definition) is 2. The lowest BCUT2D eigenvalue weighted by atomic mass is 10.0. The average Bonchev–Trinajstić information content (AvgIpc) is 3.08. The number of ether oxygens (including phenoxy) is 1. The van der Waals surface area contributed by atoms with Crippen LogP contribution < -0.4 is 4.74 Å². The zero-order valence-corrected chi connectivity index (χ0v) is 16.6. The Hall–Kier alpha value is -1.54. The van der Waals surface area contributed by atoms with Gasteiger partial charge in [-0.2, -0.15) is 0 Å². The number of fused-ring (bicyclic) bond motifs is 3. The molecule has 1 aromatic heterocycles. The van der Waals surface area contributed by atoms with Gasteiger partial charge in [-0.3, -0.25) is 0 Å². The van der Waals surface area contributed by atoms with Crippen LogP contribution in [0.3, 0.4) is 0 Å². The molecule has 2 aliphatic rings. The van der Waals surface area contributed by atoms with Gasteiger partial charge in [0.1, 0.15) is 5.75 Å². The minimum absolute atomic E-state index is 0.523. The van der Waals surface area contributed by atoms with E-state index in [1.54, 1.807) is 0 Å². The quantitative estimate of drug-likeness (QED) is 0.355. The van der Waals surface area contributed by atoms with Crippen LogP contribution in [0, 0.1) is 0 Å². The zero-order valence-electron chi connectivity index (χ0n) is 15.8. The fourth-order valence-corrected chi connectivity index (χ4v) is 4.37. The molecule has 0 unspecified atom stereocenters. The minimum atomic E-state index is 0.523. The Morgan fingerprint density at radius 2 is 1.76 bits per heavy atom. The third kappa shape index (κ3) is 4.17. The van der Waals surface area contributed by atoms with Crippen LogP contribution >= 0.6 is 11.3 Å². The van der Waals surface area contributed by atoms with Crippen molar-refractivity contribution in [1.82, 2.24) is 0 Å². The molecule has 1 heterocycles. The molecular formula is C23H30OS. The molecule has 0 spiro atoms. The van der Waals surface area contributed by atoms with Gasteiger partial charge in [-0.25, -0.2) is 0 Å². The van der Waals surface area contributed by atoms with Crippen molar-refractivity contribution in [2.24, 2.45) is 0 Å². The van der Waals surface area contributed by atoms with Gasteiger partial charge in [0.05, 0.1) is 6.61 Å². The molecule has 0 atom stereocenters. The molecule has 0 bridgehead atoms. The number of thiophene rings is 1. The van der Waals surface area contributed by atoms with Crippen LogP contribution in [0.25, 0.3) is 21.2 Å². The third-order valence-corrected chi connectivity index (χ3v) is 5.91. The maximum Gasteiger partial charge on any atom is 0.135 e. The lowest BCUT2D eigenvalue weighted by Gasteiger charge is -2.08. The lowest BCUT2D eigenvalue weighted by molar-refractivity contribution is 0.309. The van der Waals surface area contributed by atoms with Crippen molar-refractivity contribution in [1.29, 1.82) is 0 Å². The van der Waals surface area contributed by atoms with E-state index in [9.17, 15) is 0 Å². The van der Waals surface area contributed by atoms with E-state index in [0.29, 0.717) is 5.92 Å². The van der Waals surface area contributed by atoms with Gasteiger partial charge in [-0.15, -0.1) is 11.3 Å². The first kappa shape index (κ1) is 18.3. The highest BCUT2D eigenvalue weighted by molar-refractivity contribution is 7.18. The van der Waals surface area contributed by atoms with Gasteiger partial charge in [0.15, 0.2) is 0 Å². The van der Waals surface area contributed by atoms with Crippen LogP contribution in [0.4, 0.5) is 0 Å². The highest BCUT2D eigenvalue weighted by Gasteiger charge is 2.20. The van der Waals surface area contributed by atoms with Crippen molar-refractivity contribution in [3.8, 4) is 16.9 Å². The van der Waals surface area contributed by atoms with E-state index in [1.807, 2.05) is 11.3 Å². The second kappa shape index (κ2) is 8.71. The van der Waals surface area contributed by atoms with Crippen LogP contribution in [-0.2, 0) is 0 Å². The maximum atomic E-state index is 6.32. The van der Waals surface area contributed by atoms with Crippen LogP contribution in [0.15, 0.2) is 35.7 Å². The molecule has 134 valence electrons. The van der Waals surface area contributed by atoms with Crippen LogP contribution in [0.5, 0.6) is 5.75 Å². The highest BCUT2D eigenvalue weighted by atomic mass is 32.1. The Labute approximate surface area is 156 Å². The van der Waals surface area contributed by atoms with E-state index in [1.165, 1.54) is 58.9 Å².